The summed E-state index contributed by atoms with van der Waals surface area (Å²) in [4.78, 5) is 34.1. The molecule has 1 amide bonds. The molecule has 0 spiro atoms. The standard InChI is InChI=1S/C31H23N3O2/c1-21-10-9-13-23(18-21)34-29(32-27-16-7-5-15-25(27)31(34)36)19-26-24-14-6-8-17-28(24)33(30(26)35)20-22-11-3-2-4-12-22/h2-19H,20H2,1H3/b26-19+. The van der Waals surface area contributed by atoms with Crippen LogP contribution in [-0.2, 0) is 11.3 Å². The van der Waals surface area contributed by atoms with E-state index in [2.05, 4.69) is 0 Å². The van der Waals surface area contributed by atoms with Crippen LogP contribution in [0.25, 0.3) is 28.2 Å². The third-order valence-corrected chi connectivity index (χ3v) is 6.48. The third kappa shape index (κ3) is 3.71. The third-order valence-electron chi connectivity index (χ3n) is 6.48. The van der Waals surface area contributed by atoms with Crippen molar-refractivity contribution in [2.24, 2.45) is 0 Å². The van der Waals surface area contributed by atoms with Gasteiger partial charge >= 0.3 is 0 Å². The van der Waals surface area contributed by atoms with Crippen molar-refractivity contribution in [3.8, 4) is 5.69 Å². The van der Waals surface area contributed by atoms with Crippen molar-refractivity contribution < 1.29 is 4.79 Å². The van der Waals surface area contributed by atoms with Crippen molar-refractivity contribution in [3.05, 3.63) is 136 Å². The topological polar surface area (TPSA) is 55.2 Å². The lowest BCUT2D eigenvalue weighted by Crippen LogP contribution is -2.26. The first kappa shape index (κ1) is 21.7. The molecule has 5 nitrogen and oxygen atoms in total. The fourth-order valence-electron chi connectivity index (χ4n) is 4.76. The maximum atomic E-state index is 13.8. The van der Waals surface area contributed by atoms with E-state index in [1.54, 1.807) is 21.6 Å². The highest BCUT2D eigenvalue weighted by Gasteiger charge is 2.32. The zero-order valence-electron chi connectivity index (χ0n) is 19.8. The second-order valence-corrected chi connectivity index (χ2v) is 8.92. The average molecular weight is 470 g/mol. The number of fused-ring (bicyclic) bond motifs is 2. The van der Waals surface area contributed by atoms with Crippen molar-refractivity contribution in [3.63, 3.8) is 0 Å². The van der Waals surface area contributed by atoms with Crippen LogP contribution in [0.15, 0.2) is 108 Å². The quantitative estimate of drug-likeness (QED) is 0.314. The average Bonchev–Trinajstić information content (AvgIpc) is 3.15. The molecular formula is C31H23N3O2. The fraction of sp³-hybridized carbons (Fsp3) is 0.0645. The molecule has 1 aliphatic heterocycles. The zero-order valence-corrected chi connectivity index (χ0v) is 19.8. The number of anilines is 1. The van der Waals surface area contributed by atoms with Gasteiger partial charge in [0.15, 0.2) is 0 Å². The minimum atomic E-state index is -0.169. The Bertz CT molecular complexity index is 1720. The highest BCUT2D eigenvalue weighted by atomic mass is 16.2. The molecule has 0 saturated carbocycles. The van der Waals surface area contributed by atoms with E-state index in [0.717, 1.165) is 22.4 Å². The largest absolute Gasteiger partial charge is 0.303 e. The van der Waals surface area contributed by atoms with Gasteiger partial charge in [-0.25, -0.2) is 4.98 Å². The van der Waals surface area contributed by atoms with Gasteiger partial charge in [0.2, 0.25) is 0 Å². The molecular weight excluding hydrogens is 446 g/mol. The van der Waals surface area contributed by atoms with Crippen molar-refractivity contribution in [2.45, 2.75) is 13.5 Å². The Morgan fingerprint density at radius 3 is 2.39 bits per heavy atom. The summed E-state index contributed by atoms with van der Waals surface area (Å²) in [7, 11) is 0. The van der Waals surface area contributed by atoms with Crippen molar-refractivity contribution in [1.29, 1.82) is 0 Å². The highest BCUT2D eigenvalue weighted by molar-refractivity contribution is 6.35. The van der Waals surface area contributed by atoms with Crippen molar-refractivity contribution in [1.82, 2.24) is 9.55 Å². The molecule has 0 fully saturated rings. The van der Waals surface area contributed by atoms with Crippen molar-refractivity contribution in [2.75, 3.05) is 4.90 Å². The Morgan fingerprint density at radius 1 is 0.806 bits per heavy atom. The summed E-state index contributed by atoms with van der Waals surface area (Å²) in [5, 5.41) is 0.532. The first-order chi connectivity index (χ1) is 17.6. The molecule has 174 valence electrons. The van der Waals surface area contributed by atoms with Gasteiger partial charge < -0.3 is 4.90 Å². The van der Waals surface area contributed by atoms with Crippen LogP contribution in [0.2, 0.25) is 0 Å². The Morgan fingerprint density at radius 2 is 1.56 bits per heavy atom. The number of nitrogens with zero attached hydrogens (tertiary/aromatic N) is 3. The highest BCUT2D eigenvalue weighted by Crippen LogP contribution is 2.38. The first-order valence-electron chi connectivity index (χ1n) is 11.9. The van der Waals surface area contributed by atoms with Crippen LogP contribution in [0.4, 0.5) is 5.69 Å². The van der Waals surface area contributed by atoms with Crippen LogP contribution in [0.3, 0.4) is 0 Å². The van der Waals surface area contributed by atoms with E-state index in [-0.39, 0.29) is 11.5 Å². The lowest BCUT2D eigenvalue weighted by molar-refractivity contribution is -0.113. The Labute approximate surface area is 208 Å². The van der Waals surface area contributed by atoms with Gasteiger partial charge in [-0.2, -0.15) is 0 Å². The molecule has 0 unspecified atom stereocenters. The van der Waals surface area contributed by atoms with E-state index in [4.69, 9.17) is 4.98 Å². The second kappa shape index (κ2) is 8.78. The maximum absolute atomic E-state index is 13.8. The number of aromatic nitrogens is 2. The van der Waals surface area contributed by atoms with Gasteiger partial charge in [0.25, 0.3) is 11.5 Å². The fourth-order valence-corrected chi connectivity index (χ4v) is 4.76. The van der Waals surface area contributed by atoms with Crippen LogP contribution in [0, 0.1) is 6.92 Å². The molecule has 1 aliphatic rings. The van der Waals surface area contributed by atoms with Crippen LogP contribution < -0.4 is 10.5 Å². The summed E-state index contributed by atoms with van der Waals surface area (Å²) in [6.45, 7) is 2.45. The Hall–Kier alpha value is -4.77. The number of carbonyl (C=O) groups is 1. The molecule has 5 aromatic rings. The molecule has 0 radical (unpaired) electrons. The van der Waals surface area contributed by atoms with Crippen molar-refractivity contribution >= 4 is 34.1 Å². The van der Waals surface area contributed by atoms with Gasteiger partial charge in [0, 0.05) is 5.56 Å². The Kier molecular flexibility index (Phi) is 5.30. The van der Waals surface area contributed by atoms with E-state index >= 15 is 0 Å². The zero-order chi connectivity index (χ0) is 24.6. The van der Waals surface area contributed by atoms with Gasteiger partial charge in [0.1, 0.15) is 5.82 Å². The van der Waals surface area contributed by atoms with E-state index in [9.17, 15) is 9.59 Å². The molecule has 5 heteroatoms. The number of para-hydroxylation sites is 2. The maximum Gasteiger partial charge on any atom is 0.266 e. The predicted octanol–water partition coefficient (Wildman–Crippen LogP) is 5.78. The normalized spacial score (nSPS) is 14.0. The molecule has 0 atom stereocenters. The number of aryl methyl sites for hydroxylation is 1. The number of amides is 1. The second-order valence-electron chi connectivity index (χ2n) is 8.92. The number of benzene rings is 4. The van der Waals surface area contributed by atoms with Crippen LogP contribution in [0.5, 0.6) is 0 Å². The summed E-state index contributed by atoms with van der Waals surface area (Å²) in [6, 6.07) is 32.7. The number of hydrogen-bond acceptors (Lipinski definition) is 3. The van der Waals surface area contributed by atoms with Gasteiger partial charge in [-0.3, -0.25) is 14.2 Å². The first-order valence-corrected chi connectivity index (χ1v) is 11.9. The summed E-state index contributed by atoms with van der Waals surface area (Å²) in [5.74, 6) is 0.308. The predicted molar refractivity (Wildman–Crippen MR) is 144 cm³/mol. The van der Waals surface area contributed by atoms with Crippen LogP contribution in [-0.4, -0.2) is 15.5 Å². The monoisotopic (exact) mass is 469 g/mol. The summed E-state index contributed by atoms with van der Waals surface area (Å²) in [5.41, 5.74) is 5.41. The Balaban J connectivity index is 1.56. The lowest BCUT2D eigenvalue weighted by Gasteiger charge is -2.17. The summed E-state index contributed by atoms with van der Waals surface area (Å²) in [6.07, 6.45) is 1.75. The molecule has 1 aromatic heterocycles. The van der Waals surface area contributed by atoms with E-state index in [1.165, 1.54) is 0 Å². The number of rotatable bonds is 4. The number of carbonyl (C=O) groups excluding carboxylic acids is 1. The minimum absolute atomic E-state index is 0.113. The summed E-state index contributed by atoms with van der Waals surface area (Å²) >= 11 is 0. The summed E-state index contributed by atoms with van der Waals surface area (Å²) < 4.78 is 1.60. The number of hydrogen-bond donors (Lipinski definition) is 0. The van der Waals surface area contributed by atoms with E-state index in [1.807, 2.05) is 104 Å². The molecule has 0 saturated heterocycles. The molecule has 2 heterocycles. The smallest absolute Gasteiger partial charge is 0.266 e. The van der Waals surface area contributed by atoms with Gasteiger partial charge in [-0.15, -0.1) is 0 Å². The van der Waals surface area contributed by atoms with Gasteiger partial charge in [-0.05, 0) is 54.5 Å². The lowest BCUT2D eigenvalue weighted by atomic mass is 10.1. The molecule has 6 rings (SSSR count). The molecule has 4 aromatic carbocycles. The van der Waals surface area contributed by atoms with Gasteiger partial charge in [0.05, 0.1) is 34.4 Å². The minimum Gasteiger partial charge on any atom is -0.303 e. The SMILES string of the molecule is Cc1cccc(-n2c(/C=C3/C(=O)N(Cc4ccccc4)c4ccccc43)nc3ccccc3c2=O)c1. The van der Waals surface area contributed by atoms with E-state index < -0.39 is 0 Å². The van der Waals surface area contributed by atoms with Crippen LogP contribution >= 0.6 is 0 Å². The molecule has 0 aliphatic carbocycles. The molecule has 36 heavy (non-hydrogen) atoms. The molecule has 0 N–H and O–H groups in total. The molecule has 0 bridgehead atoms. The van der Waals surface area contributed by atoms with Gasteiger partial charge in [-0.1, -0.05) is 72.8 Å². The van der Waals surface area contributed by atoms with Crippen LogP contribution in [0.1, 0.15) is 22.5 Å². The van der Waals surface area contributed by atoms with E-state index in [0.29, 0.717) is 34.5 Å².